The Morgan fingerprint density at radius 2 is 2.25 bits per heavy atom. The Balaban J connectivity index is 2.63. The molecule has 4 nitrogen and oxygen atoms in total. The lowest BCUT2D eigenvalue weighted by Gasteiger charge is -2.03. The van der Waals surface area contributed by atoms with Crippen LogP contribution in [0.1, 0.15) is 13.8 Å². The first-order chi connectivity index (χ1) is 7.80. The van der Waals surface area contributed by atoms with Crippen LogP contribution in [0.15, 0.2) is 23.3 Å². The number of benzene rings is 1. The average Bonchev–Trinajstić information content (AvgIpc) is 2.66. The largest absolute Gasteiger partial charge is 0.494 e. The maximum Gasteiger partial charge on any atom is 0.208 e. The van der Waals surface area contributed by atoms with Crippen LogP contribution in [-0.4, -0.2) is 11.2 Å². The van der Waals surface area contributed by atoms with Crippen molar-refractivity contribution in [1.82, 2.24) is 4.57 Å². The normalized spacial score (nSPS) is 12.2. The van der Waals surface area contributed by atoms with Crippen molar-refractivity contribution in [2.24, 2.45) is 10.9 Å². The first-order valence-electron chi connectivity index (χ1n) is 5.30. The van der Waals surface area contributed by atoms with E-state index in [2.05, 4.69) is 22.7 Å². The van der Waals surface area contributed by atoms with Gasteiger partial charge in [0.2, 0.25) is 4.80 Å². The Labute approximate surface area is 98.0 Å². The summed E-state index contributed by atoms with van der Waals surface area (Å²) in [5.74, 6) is 6.26. The number of nitrogens with two attached hydrogens (primary N) is 1. The Hall–Kier alpha value is -1.49. The molecule has 5 heteroatoms. The summed E-state index contributed by atoms with van der Waals surface area (Å²) in [7, 11) is 0. The second kappa shape index (κ2) is 4.57. The van der Waals surface area contributed by atoms with Crippen LogP contribution in [-0.2, 0) is 6.54 Å². The van der Waals surface area contributed by atoms with Gasteiger partial charge in [-0.05, 0) is 32.0 Å². The lowest BCUT2D eigenvalue weighted by molar-refractivity contribution is 0.341. The van der Waals surface area contributed by atoms with Crippen molar-refractivity contribution < 1.29 is 4.74 Å². The summed E-state index contributed by atoms with van der Waals surface area (Å²) < 4.78 is 8.71. The molecule has 0 aliphatic rings. The number of nitrogens with zero attached hydrogens (tertiary/aromatic N) is 2. The molecule has 2 rings (SSSR count). The number of thiazole rings is 1. The lowest BCUT2D eigenvalue weighted by atomic mass is 10.3. The summed E-state index contributed by atoms with van der Waals surface area (Å²) in [5.41, 5.74) is 1.15. The van der Waals surface area contributed by atoms with Crippen molar-refractivity contribution in [2.45, 2.75) is 20.4 Å². The van der Waals surface area contributed by atoms with Gasteiger partial charge in [-0.1, -0.05) is 11.3 Å². The average molecular weight is 237 g/mol. The molecule has 0 bridgehead atoms. The second-order valence-electron chi connectivity index (χ2n) is 3.32. The highest BCUT2D eigenvalue weighted by molar-refractivity contribution is 7.16. The molecule has 86 valence electrons. The van der Waals surface area contributed by atoms with E-state index in [4.69, 9.17) is 10.6 Å². The van der Waals surface area contributed by atoms with E-state index in [1.54, 1.807) is 11.3 Å². The predicted octanol–water partition coefficient (Wildman–Crippen LogP) is 1.90. The summed E-state index contributed by atoms with van der Waals surface area (Å²) in [6.07, 6.45) is 0. The topological polar surface area (TPSA) is 52.5 Å². The number of rotatable bonds is 3. The van der Waals surface area contributed by atoms with E-state index in [1.165, 1.54) is 0 Å². The Morgan fingerprint density at radius 1 is 1.44 bits per heavy atom. The van der Waals surface area contributed by atoms with Crippen molar-refractivity contribution in [3.63, 3.8) is 0 Å². The van der Waals surface area contributed by atoms with E-state index >= 15 is 0 Å². The Morgan fingerprint density at radius 3 is 2.88 bits per heavy atom. The maximum atomic E-state index is 5.47. The van der Waals surface area contributed by atoms with Gasteiger partial charge in [0.15, 0.2) is 0 Å². The zero-order chi connectivity index (χ0) is 11.5. The first kappa shape index (κ1) is 11.0. The molecule has 2 N–H and O–H groups in total. The highest BCUT2D eigenvalue weighted by Gasteiger charge is 2.05. The van der Waals surface area contributed by atoms with Gasteiger partial charge >= 0.3 is 0 Å². The molecule has 0 spiro atoms. The first-order valence-corrected chi connectivity index (χ1v) is 6.12. The van der Waals surface area contributed by atoms with Gasteiger partial charge in [0.25, 0.3) is 0 Å². The minimum absolute atomic E-state index is 0.679. The highest BCUT2D eigenvalue weighted by Crippen LogP contribution is 2.23. The van der Waals surface area contributed by atoms with Crippen molar-refractivity contribution in [2.75, 3.05) is 6.61 Å². The van der Waals surface area contributed by atoms with Gasteiger partial charge in [-0.2, -0.15) is 5.10 Å². The summed E-state index contributed by atoms with van der Waals surface area (Å²) in [4.78, 5) is 0.839. The standard InChI is InChI=1S/C11H15N3OS/c1-3-14-9-6-5-8(15-4-2)7-10(9)16-11(14)13-12/h5-7H,3-4,12H2,1-2H3. The lowest BCUT2D eigenvalue weighted by Crippen LogP contribution is -2.15. The van der Waals surface area contributed by atoms with Gasteiger partial charge in [-0.15, -0.1) is 0 Å². The molecule has 0 saturated carbocycles. The van der Waals surface area contributed by atoms with Crippen molar-refractivity contribution in [3.05, 3.63) is 23.0 Å². The molecule has 0 radical (unpaired) electrons. The van der Waals surface area contributed by atoms with Gasteiger partial charge in [-0.3, -0.25) is 0 Å². The molecule has 0 fully saturated rings. The van der Waals surface area contributed by atoms with Gasteiger partial charge in [-0.25, -0.2) is 0 Å². The molecule has 2 aromatic rings. The molecule has 1 aromatic carbocycles. The van der Waals surface area contributed by atoms with Gasteiger partial charge in [0, 0.05) is 6.54 Å². The molecule has 0 unspecified atom stereocenters. The fourth-order valence-corrected chi connectivity index (χ4v) is 2.76. The Bertz CT molecular complexity index is 556. The smallest absolute Gasteiger partial charge is 0.208 e. The SMILES string of the molecule is CCOc1ccc2c(c1)sc(=NN)n2CC. The van der Waals surface area contributed by atoms with Crippen LogP contribution in [0, 0.1) is 0 Å². The third kappa shape index (κ3) is 1.78. The molecule has 0 aliphatic heterocycles. The van der Waals surface area contributed by atoms with E-state index < -0.39 is 0 Å². The van der Waals surface area contributed by atoms with Crippen molar-refractivity contribution in [1.29, 1.82) is 0 Å². The number of aromatic nitrogens is 1. The molecule has 1 heterocycles. The van der Waals surface area contributed by atoms with E-state index in [1.807, 2.05) is 19.1 Å². The van der Waals surface area contributed by atoms with Crippen molar-refractivity contribution in [3.8, 4) is 5.75 Å². The van der Waals surface area contributed by atoms with Crippen LogP contribution < -0.4 is 15.4 Å². The molecule has 0 atom stereocenters. The van der Waals surface area contributed by atoms with Crippen LogP contribution in [0.5, 0.6) is 5.75 Å². The molecule has 16 heavy (non-hydrogen) atoms. The number of ether oxygens (including phenoxy) is 1. The Kier molecular flexibility index (Phi) is 3.14. The molecule has 0 saturated heterocycles. The molecule has 1 aromatic heterocycles. The van der Waals surface area contributed by atoms with Crippen LogP contribution in [0.3, 0.4) is 0 Å². The quantitative estimate of drug-likeness (QED) is 0.654. The van der Waals surface area contributed by atoms with E-state index in [0.717, 1.165) is 27.3 Å². The predicted molar refractivity (Wildman–Crippen MR) is 66.4 cm³/mol. The number of fused-ring (bicyclic) bond motifs is 1. The maximum absolute atomic E-state index is 5.47. The van der Waals surface area contributed by atoms with E-state index in [9.17, 15) is 0 Å². The van der Waals surface area contributed by atoms with E-state index in [0.29, 0.717) is 6.61 Å². The van der Waals surface area contributed by atoms with Crippen LogP contribution in [0.4, 0.5) is 0 Å². The summed E-state index contributed by atoms with van der Waals surface area (Å²) in [6, 6.07) is 6.06. The molecule has 0 aliphatic carbocycles. The van der Waals surface area contributed by atoms with Crippen molar-refractivity contribution >= 4 is 21.6 Å². The van der Waals surface area contributed by atoms with Crippen LogP contribution >= 0.6 is 11.3 Å². The molecular formula is C11H15N3OS. The monoisotopic (exact) mass is 237 g/mol. The number of aryl methyl sites for hydroxylation is 1. The minimum Gasteiger partial charge on any atom is -0.494 e. The summed E-state index contributed by atoms with van der Waals surface area (Å²) in [5, 5.41) is 3.79. The van der Waals surface area contributed by atoms with E-state index in [-0.39, 0.29) is 0 Å². The highest BCUT2D eigenvalue weighted by atomic mass is 32.1. The second-order valence-corrected chi connectivity index (χ2v) is 4.33. The minimum atomic E-state index is 0.679. The fourth-order valence-electron chi connectivity index (χ4n) is 1.71. The van der Waals surface area contributed by atoms with Gasteiger partial charge in [0.05, 0.1) is 16.8 Å². The number of hydrogen-bond donors (Lipinski definition) is 1. The van der Waals surface area contributed by atoms with Crippen LogP contribution in [0.2, 0.25) is 0 Å². The zero-order valence-corrected chi connectivity index (χ0v) is 10.3. The third-order valence-corrected chi connectivity index (χ3v) is 3.45. The third-order valence-electron chi connectivity index (χ3n) is 2.39. The molecule has 0 amide bonds. The van der Waals surface area contributed by atoms with Gasteiger partial charge < -0.3 is 15.1 Å². The summed E-state index contributed by atoms with van der Waals surface area (Å²) >= 11 is 1.58. The van der Waals surface area contributed by atoms with Gasteiger partial charge in [0.1, 0.15) is 5.75 Å². The zero-order valence-electron chi connectivity index (χ0n) is 9.43. The number of hydrogen-bond acceptors (Lipinski definition) is 4. The molecular weight excluding hydrogens is 222 g/mol. The van der Waals surface area contributed by atoms with Crippen LogP contribution in [0.25, 0.3) is 10.2 Å². The summed E-state index contributed by atoms with van der Waals surface area (Å²) in [6.45, 7) is 5.60. The fraction of sp³-hybridized carbons (Fsp3) is 0.364.